The third-order valence-electron chi connectivity index (χ3n) is 3.27. The van der Waals surface area contributed by atoms with Gasteiger partial charge in [-0.25, -0.2) is 0 Å². The number of amides is 1. The first-order valence-electron chi connectivity index (χ1n) is 5.17. The Hall–Kier alpha value is -1.02. The quantitative estimate of drug-likeness (QED) is 0.841. The molecule has 1 saturated carbocycles. The zero-order chi connectivity index (χ0) is 10.9. The number of nitrogens with two attached hydrogens (primary N) is 1. The van der Waals surface area contributed by atoms with E-state index in [1.54, 1.807) is 0 Å². The van der Waals surface area contributed by atoms with Gasteiger partial charge < -0.3 is 5.73 Å². The minimum absolute atomic E-state index is 0.0792. The van der Waals surface area contributed by atoms with Crippen molar-refractivity contribution in [3.8, 4) is 0 Å². The van der Waals surface area contributed by atoms with Gasteiger partial charge in [0.15, 0.2) is 0 Å². The second-order valence-electron chi connectivity index (χ2n) is 4.26. The van der Waals surface area contributed by atoms with Gasteiger partial charge in [0.2, 0.25) is 5.91 Å². The first-order valence-corrected chi connectivity index (χ1v) is 5.55. The molecule has 0 atom stereocenters. The topological polar surface area (TPSA) is 43.1 Å². The molecule has 2 rings (SSSR count). The number of carbonyl (C=O) groups is 1. The molecule has 1 aliphatic rings. The van der Waals surface area contributed by atoms with Gasteiger partial charge in [-0.2, -0.15) is 0 Å². The summed E-state index contributed by atoms with van der Waals surface area (Å²) in [4.78, 5) is 11.1. The molecule has 0 aliphatic heterocycles. The summed E-state index contributed by atoms with van der Waals surface area (Å²) in [6.07, 6.45) is 3.59. The monoisotopic (exact) mass is 223 g/mol. The largest absolute Gasteiger partial charge is 0.370 e. The van der Waals surface area contributed by atoms with Gasteiger partial charge in [-0.1, -0.05) is 36.2 Å². The Morgan fingerprint density at radius 1 is 1.40 bits per heavy atom. The predicted octanol–water partition coefficient (Wildman–Crippen LogP) is 2.64. The molecule has 1 aliphatic carbocycles. The second kappa shape index (κ2) is 3.86. The summed E-state index contributed by atoms with van der Waals surface area (Å²) in [5, 5.41) is 0.749. The van der Waals surface area contributed by atoms with Gasteiger partial charge in [0.25, 0.3) is 0 Å². The first-order chi connectivity index (χ1) is 7.14. The van der Waals surface area contributed by atoms with Crippen molar-refractivity contribution in [1.82, 2.24) is 0 Å². The van der Waals surface area contributed by atoms with Crippen molar-refractivity contribution in [1.29, 1.82) is 0 Å². The van der Waals surface area contributed by atoms with Crippen molar-refractivity contribution in [2.24, 2.45) is 5.73 Å². The van der Waals surface area contributed by atoms with E-state index < -0.39 is 0 Å². The maximum atomic E-state index is 11.1. The SMILES string of the molecule is NC(=O)CC1(c2ccccc2Cl)CCC1. The van der Waals surface area contributed by atoms with E-state index in [1.165, 1.54) is 0 Å². The van der Waals surface area contributed by atoms with Crippen LogP contribution in [0.15, 0.2) is 24.3 Å². The number of benzene rings is 1. The van der Waals surface area contributed by atoms with Crippen molar-refractivity contribution in [2.75, 3.05) is 0 Å². The van der Waals surface area contributed by atoms with Crippen LogP contribution < -0.4 is 5.73 Å². The fourth-order valence-electron chi connectivity index (χ4n) is 2.37. The molecule has 0 bridgehead atoms. The first kappa shape index (κ1) is 10.5. The minimum atomic E-state index is -0.241. The molecule has 2 nitrogen and oxygen atoms in total. The Morgan fingerprint density at radius 3 is 2.53 bits per heavy atom. The van der Waals surface area contributed by atoms with E-state index in [0.717, 1.165) is 29.8 Å². The predicted molar refractivity (Wildman–Crippen MR) is 60.8 cm³/mol. The van der Waals surface area contributed by atoms with Crippen molar-refractivity contribution < 1.29 is 4.79 Å². The van der Waals surface area contributed by atoms with Gasteiger partial charge in [0.05, 0.1) is 0 Å². The lowest BCUT2D eigenvalue weighted by Gasteiger charge is -2.42. The van der Waals surface area contributed by atoms with Crippen LogP contribution in [0, 0.1) is 0 Å². The molecule has 1 aromatic rings. The third-order valence-corrected chi connectivity index (χ3v) is 3.60. The van der Waals surface area contributed by atoms with Gasteiger partial charge in [-0.15, -0.1) is 0 Å². The van der Waals surface area contributed by atoms with Gasteiger partial charge in [0, 0.05) is 16.9 Å². The van der Waals surface area contributed by atoms with Crippen LogP contribution in [-0.4, -0.2) is 5.91 Å². The molecule has 80 valence electrons. The normalized spacial score (nSPS) is 18.2. The summed E-state index contributed by atoms with van der Waals surface area (Å²) in [6.45, 7) is 0. The Labute approximate surface area is 94.4 Å². The highest BCUT2D eigenvalue weighted by Crippen LogP contribution is 2.48. The van der Waals surface area contributed by atoms with E-state index in [1.807, 2.05) is 24.3 Å². The lowest BCUT2D eigenvalue weighted by atomic mass is 9.62. The third kappa shape index (κ3) is 1.86. The number of hydrogen-bond acceptors (Lipinski definition) is 1. The highest BCUT2D eigenvalue weighted by atomic mass is 35.5. The molecule has 0 radical (unpaired) electrons. The summed E-state index contributed by atoms with van der Waals surface area (Å²) in [7, 11) is 0. The van der Waals surface area contributed by atoms with Crippen LogP contribution in [0.3, 0.4) is 0 Å². The van der Waals surface area contributed by atoms with E-state index in [2.05, 4.69) is 0 Å². The molecular formula is C12H14ClNO. The number of halogens is 1. The zero-order valence-electron chi connectivity index (χ0n) is 8.50. The fourth-order valence-corrected chi connectivity index (χ4v) is 2.71. The summed E-state index contributed by atoms with van der Waals surface area (Å²) < 4.78 is 0. The molecule has 1 fully saturated rings. The molecule has 1 aromatic carbocycles. The number of hydrogen-bond donors (Lipinski definition) is 1. The van der Waals surface area contributed by atoms with Crippen molar-refractivity contribution >= 4 is 17.5 Å². The average molecular weight is 224 g/mol. The van der Waals surface area contributed by atoms with Crippen LogP contribution in [-0.2, 0) is 10.2 Å². The van der Waals surface area contributed by atoms with E-state index >= 15 is 0 Å². The molecular weight excluding hydrogens is 210 g/mol. The molecule has 0 unspecified atom stereocenters. The molecule has 3 heteroatoms. The van der Waals surface area contributed by atoms with Crippen LogP contribution in [0.4, 0.5) is 0 Å². The zero-order valence-corrected chi connectivity index (χ0v) is 9.26. The Morgan fingerprint density at radius 2 is 2.07 bits per heavy atom. The molecule has 15 heavy (non-hydrogen) atoms. The summed E-state index contributed by atoms with van der Waals surface area (Å²) in [6, 6.07) is 7.74. The standard InChI is InChI=1S/C12H14ClNO/c13-10-5-2-1-4-9(10)12(6-3-7-12)8-11(14)15/h1-2,4-5H,3,6-8H2,(H2,14,15). The van der Waals surface area contributed by atoms with Crippen LogP contribution >= 0.6 is 11.6 Å². The lowest BCUT2D eigenvalue weighted by Crippen LogP contribution is -2.38. The number of rotatable bonds is 3. The highest BCUT2D eigenvalue weighted by Gasteiger charge is 2.41. The number of primary amides is 1. The van der Waals surface area contributed by atoms with Crippen molar-refractivity contribution in [3.05, 3.63) is 34.9 Å². The maximum absolute atomic E-state index is 11.1. The Balaban J connectivity index is 2.34. The van der Waals surface area contributed by atoms with Gasteiger partial charge in [-0.05, 0) is 24.5 Å². The van der Waals surface area contributed by atoms with E-state index in [-0.39, 0.29) is 11.3 Å². The molecule has 0 saturated heterocycles. The summed E-state index contributed by atoms with van der Waals surface area (Å²) >= 11 is 6.15. The average Bonchev–Trinajstić information content (AvgIpc) is 2.12. The molecule has 0 aromatic heterocycles. The van der Waals surface area contributed by atoms with E-state index in [0.29, 0.717) is 6.42 Å². The molecule has 0 spiro atoms. The Kier molecular flexibility index (Phi) is 2.70. The molecule has 0 heterocycles. The second-order valence-corrected chi connectivity index (χ2v) is 4.66. The van der Waals surface area contributed by atoms with Gasteiger partial charge in [-0.3, -0.25) is 4.79 Å². The number of carbonyl (C=O) groups excluding carboxylic acids is 1. The lowest BCUT2D eigenvalue weighted by molar-refractivity contribution is -0.120. The van der Waals surface area contributed by atoms with E-state index in [4.69, 9.17) is 17.3 Å². The maximum Gasteiger partial charge on any atom is 0.218 e. The van der Waals surface area contributed by atoms with Gasteiger partial charge in [0.1, 0.15) is 0 Å². The van der Waals surface area contributed by atoms with Gasteiger partial charge >= 0.3 is 0 Å². The minimum Gasteiger partial charge on any atom is -0.370 e. The highest BCUT2D eigenvalue weighted by molar-refractivity contribution is 6.31. The molecule has 1 amide bonds. The molecule has 2 N–H and O–H groups in total. The summed E-state index contributed by atoms with van der Waals surface area (Å²) in [5.74, 6) is -0.241. The van der Waals surface area contributed by atoms with Crippen LogP contribution in [0.1, 0.15) is 31.2 Å². The van der Waals surface area contributed by atoms with Crippen molar-refractivity contribution in [3.63, 3.8) is 0 Å². The fraction of sp³-hybridized carbons (Fsp3) is 0.417. The summed E-state index contributed by atoms with van der Waals surface area (Å²) in [5.41, 5.74) is 6.29. The van der Waals surface area contributed by atoms with Crippen LogP contribution in [0.2, 0.25) is 5.02 Å². The van der Waals surface area contributed by atoms with Crippen molar-refractivity contribution in [2.45, 2.75) is 31.1 Å². The smallest absolute Gasteiger partial charge is 0.218 e. The Bertz CT molecular complexity index is 385. The van der Waals surface area contributed by atoms with Crippen LogP contribution in [0.25, 0.3) is 0 Å². The van der Waals surface area contributed by atoms with Crippen LogP contribution in [0.5, 0.6) is 0 Å². The van der Waals surface area contributed by atoms with E-state index in [9.17, 15) is 4.79 Å².